The highest BCUT2D eigenvalue weighted by Crippen LogP contribution is 2.25. The molecule has 7 heteroatoms. The molecule has 0 amide bonds. The molecular formula is C18H15N5S2. The zero-order valence-electron chi connectivity index (χ0n) is 13.5. The molecule has 0 aliphatic rings. The molecule has 0 unspecified atom stereocenters. The Morgan fingerprint density at radius 1 is 1.04 bits per heavy atom. The van der Waals surface area contributed by atoms with E-state index < -0.39 is 0 Å². The van der Waals surface area contributed by atoms with Crippen molar-refractivity contribution in [3.63, 3.8) is 0 Å². The number of rotatable bonds is 5. The lowest BCUT2D eigenvalue weighted by atomic mass is 10.1. The minimum Gasteiger partial charge on any atom is -0.265 e. The van der Waals surface area contributed by atoms with E-state index in [9.17, 15) is 0 Å². The van der Waals surface area contributed by atoms with E-state index >= 15 is 0 Å². The first-order valence-electron chi connectivity index (χ1n) is 7.71. The molecule has 0 fully saturated rings. The number of aromatic nitrogens is 5. The first-order chi connectivity index (χ1) is 12.3. The number of hydrogen-bond acceptors (Lipinski definition) is 6. The summed E-state index contributed by atoms with van der Waals surface area (Å²) in [5.74, 6) is 0. The second-order valence-electron chi connectivity index (χ2n) is 5.33. The van der Waals surface area contributed by atoms with Crippen molar-refractivity contribution >= 4 is 23.1 Å². The summed E-state index contributed by atoms with van der Waals surface area (Å²) in [4.78, 5) is 13.1. The molecule has 124 valence electrons. The van der Waals surface area contributed by atoms with Crippen LogP contribution in [0.15, 0.2) is 65.5 Å². The van der Waals surface area contributed by atoms with Crippen LogP contribution in [0.5, 0.6) is 0 Å². The Balaban J connectivity index is 1.62. The second-order valence-corrected chi connectivity index (χ2v) is 7.09. The van der Waals surface area contributed by atoms with E-state index in [1.165, 1.54) is 0 Å². The van der Waals surface area contributed by atoms with Gasteiger partial charge in [-0.25, -0.2) is 15.0 Å². The van der Waals surface area contributed by atoms with Gasteiger partial charge >= 0.3 is 0 Å². The third-order valence-electron chi connectivity index (χ3n) is 3.69. The Kier molecular flexibility index (Phi) is 4.58. The van der Waals surface area contributed by atoms with Gasteiger partial charge in [0.25, 0.3) is 0 Å². The smallest absolute Gasteiger partial charge is 0.187 e. The maximum absolute atomic E-state index is 4.67. The van der Waals surface area contributed by atoms with Gasteiger partial charge in [-0.05, 0) is 24.5 Å². The molecule has 0 saturated heterocycles. The molecule has 4 aromatic rings. The number of hydrogen-bond donors (Lipinski definition) is 0. The standard InChI is InChI=1S/C18H15N5S2/c1-24-18-20-7-5-15(21-18)13-3-2-4-14(11-13)16-6-9-23(22-16)12-17-19-8-10-25-17/h2-11H,12H2,1H3. The number of thiazole rings is 1. The van der Waals surface area contributed by atoms with Gasteiger partial charge in [0.15, 0.2) is 5.16 Å². The molecule has 0 saturated carbocycles. The Bertz CT molecular complexity index is 979. The van der Waals surface area contributed by atoms with Gasteiger partial charge in [-0.15, -0.1) is 11.3 Å². The summed E-state index contributed by atoms with van der Waals surface area (Å²) in [6, 6.07) is 12.2. The van der Waals surface area contributed by atoms with Crippen LogP contribution in [0.3, 0.4) is 0 Å². The van der Waals surface area contributed by atoms with Crippen LogP contribution in [0.1, 0.15) is 5.01 Å². The Morgan fingerprint density at radius 3 is 2.72 bits per heavy atom. The van der Waals surface area contributed by atoms with Crippen molar-refractivity contribution in [3.05, 3.63) is 65.4 Å². The molecule has 0 spiro atoms. The van der Waals surface area contributed by atoms with Gasteiger partial charge in [0, 0.05) is 35.1 Å². The lowest BCUT2D eigenvalue weighted by molar-refractivity contribution is 0.686. The summed E-state index contributed by atoms with van der Waals surface area (Å²) in [7, 11) is 0. The zero-order valence-corrected chi connectivity index (χ0v) is 15.2. The van der Waals surface area contributed by atoms with E-state index in [-0.39, 0.29) is 0 Å². The van der Waals surface area contributed by atoms with E-state index in [2.05, 4.69) is 38.2 Å². The molecule has 0 radical (unpaired) electrons. The lowest BCUT2D eigenvalue weighted by Crippen LogP contribution is -1.99. The molecule has 0 N–H and O–H groups in total. The van der Waals surface area contributed by atoms with Crippen molar-refractivity contribution in [2.45, 2.75) is 11.7 Å². The average Bonchev–Trinajstić information content (AvgIpc) is 3.34. The number of nitrogens with zero attached hydrogens (tertiary/aromatic N) is 5. The van der Waals surface area contributed by atoms with Gasteiger partial charge in [-0.1, -0.05) is 30.0 Å². The minimum atomic E-state index is 0.695. The third kappa shape index (κ3) is 3.62. The monoisotopic (exact) mass is 365 g/mol. The molecular weight excluding hydrogens is 350 g/mol. The van der Waals surface area contributed by atoms with Gasteiger partial charge in [-0.3, -0.25) is 4.68 Å². The molecule has 0 atom stereocenters. The maximum atomic E-state index is 4.67. The van der Waals surface area contributed by atoms with Crippen molar-refractivity contribution in [1.82, 2.24) is 24.7 Å². The van der Waals surface area contributed by atoms with Crippen LogP contribution in [-0.2, 0) is 6.54 Å². The molecule has 4 rings (SSSR count). The second kappa shape index (κ2) is 7.16. The Hall–Kier alpha value is -2.51. The van der Waals surface area contributed by atoms with Crippen molar-refractivity contribution in [2.75, 3.05) is 6.26 Å². The first kappa shape index (κ1) is 16.0. The molecule has 1 aromatic carbocycles. The minimum absolute atomic E-state index is 0.695. The van der Waals surface area contributed by atoms with Crippen molar-refractivity contribution in [1.29, 1.82) is 0 Å². The maximum Gasteiger partial charge on any atom is 0.187 e. The van der Waals surface area contributed by atoms with Gasteiger partial charge in [0.05, 0.1) is 17.9 Å². The highest BCUT2D eigenvalue weighted by atomic mass is 32.2. The highest BCUT2D eigenvalue weighted by Gasteiger charge is 2.07. The Morgan fingerprint density at radius 2 is 1.92 bits per heavy atom. The highest BCUT2D eigenvalue weighted by molar-refractivity contribution is 7.98. The van der Waals surface area contributed by atoms with Crippen LogP contribution in [0.25, 0.3) is 22.5 Å². The van der Waals surface area contributed by atoms with Crippen LogP contribution in [-0.4, -0.2) is 31.0 Å². The van der Waals surface area contributed by atoms with Crippen LogP contribution in [0.2, 0.25) is 0 Å². The fourth-order valence-corrected chi connectivity index (χ4v) is 3.47. The van der Waals surface area contributed by atoms with Crippen LogP contribution in [0, 0.1) is 0 Å². The van der Waals surface area contributed by atoms with Crippen LogP contribution in [0.4, 0.5) is 0 Å². The predicted molar refractivity (Wildman–Crippen MR) is 102 cm³/mol. The molecule has 3 aromatic heterocycles. The van der Waals surface area contributed by atoms with E-state index in [1.807, 2.05) is 46.9 Å². The summed E-state index contributed by atoms with van der Waals surface area (Å²) in [5.41, 5.74) is 3.99. The molecule has 25 heavy (non-hydrogen) atoms. The van der Waals surface area contributed by atoms with Gasteiger partial charge in [-0.2, -0.15) is 5.10 Å². The topological polar surface area (TPSA) is 56.5 Å². The zero-order chi connectivity index (χ0) is 17.1. The normalized spacial score (nSPS) is 10.9. The first-order valence-corrected chi connectivity index (χ1v) is 9.82. The van der Waals surface area contributed by atoms with E-state index in [1.54, 1.807) is 29.3 Å². The summed E-state index contributed by atoms with van der Waals surface area (Å²) in [6.07, 6.45) is 7.58. The largest absolute Gasteiger partial charge is 0.265 e. The van der Waals surface area contributed by atoms with Crippen molar-refractivity contribution in [2.24, 2.45) is 0 Å². The fourth-order valence-electron chi connectivity index (χ4n) is 2.51. The van der Waals surface area contributed by atoms with Gasteiger partial charge in [0.2, 0.25) is 0 Å². The molecule has 0 aliphatic carbocycles. The third-order valence-corrected chi connectivity index (χ3v) is 5.02. The number of benzene rings is 1. The fraction of sp³-hybridized carbons (Fsp3) is 0.111. The van der Waals surface area contributed by atoms with Crippen molar-refractivity contribution < 1.29 is 0 Å². The quantitative estimate of drug-likeness (QED) is 0.391. The van der Waals surface area contributed by atoms with Gasteiger partial charge in [0.1, 0.15) is 5.01 Å². The molecule has 3 heterocycles. The SMILES string of the molecule is CSc1nccc(-c2cccc(-c3ccn(Cc4nccs4)n3)c2)n1. The molecule has 0 aliphatic heterocycles. The number of thioether (sulfide) groups is 1. The average molecular weight is 365 g/mol. The van der Waals surface area contributed by atoms with Crippen LogP contribution < -0.4 is 0 Å². The van der Waals surface area contributed by atoms with E-state index in [0.717, 1.165) is 32.7 Å². The lowest BCUT2D eigenvalue weighted by Gasteiger charge is -2.04. The van der Waals surface area contributed by atoms with E-state index in [0.29, 0.717) is 6.54 Å². The summed E-state index contributed by atoms with van der Waals surface area (Å²) in [5, 5.41) is 8.47. The predicted octanol–water partition coefficient (Wildman–Crippen LogP) is 4.23. The van der Waals surface area contributed by atoms with Crippen molar-refractivity contribution in [3.8, 4) is 22.5 Å². The van der Waals surface area contributed by atoms with Gasteiger partial charge < -0.3 is 0 Å². The summed E-state index contributed by atoms with van der Waals surface area (Å²) in [6.45, 7) is 0.695. The molecule has 5 nitrogen and oxygen atoms in total. The van der Waals surface area contributed by atoms with E-state index in [4.69, 9.17) is 0 Å². The summed E-state index contributed by atoms with van der Waals surface area (Å²) >= 11 is 3.18. The summed E-state index contributed by atoms with van der Waals surface area (Å²) < 4.78 is 1.91. The van der Waals surface area contributed by atoms with Crippen LogP contribution >= 0.6 is 23.1 Å². The molecule has 0 bridgehead atoms. The Labute approximate surface area is 153 Å².